The number of likely N-dealkylation sites (N-methyl/N-ethyl adjacent to an activating group) is 1. The molecule has 2 heterocycles. The minimum Gasteiger partial charge on any atom is -0.355 e. The summed E-state index contributed by atoms with van der Waals surface area (Å²) in [5.74, 6) is 0.109. The van der Waals surface area contributed by atoms with Crippen molar-refractivity contribution in [3.63, 3.8) is 0 Å². The van der Waals surface area contributed by atoms with E-state index in [9.17, 15) is 9.59 Å². The number of hydrogen-bond acceptors (Lipinski definition) is 7. The number of aromatic nitrogens is 3. The SMILES string of the molecule is CCC.CNC(=O)/C(C)=C/N(CCCCc1ccc(NC(=O)Cc2ccc(Cl)nc2)nn1)NC. The smallest absolute Gasteiger partial charge is 0.248 e. The third kappa shape index (κ3) is 11.7. The van der Waals surface area contributed by atoms with Gasteiger partial charge >= 0.3 is 0 Å². The summed E-state index contributed by atoms with van der Waals surface area (Å²) >= 11 is 5.75. The van der Waals surface area contributed by atoms with E-state index < -0.39 is 0 Å². The topological polar surface area (TPSA) is 112 Å². The molecule has 0 fully saturated rings. The van der Waals surface area contributed by atoms with Gasteiger partial charge < -0.3 is 15.6 Å². The maximum atomic E-state index is 12.1. The summed E-state index contributed by atoms with van der Waals surface area (Å²) in [6.45, 7) is 6.78. The zero-order chi connectivity index (χ0) is 25.3. The van der Waals surface area contributed by atoms with Crippen LogP contribution in [0.25, 0.3) is 0 Å². The molecule has 186 valence electrons. The highest BCUT2D eigenvalue weighted by Crippen LogP contribution is 2.09. The van der Waals surface area contributed by atoms with Crippen LogP contribution < -0.4 is 16.1 Å². The molecule has 0 bridgehead atoms. The van der Waals surface area contributed by atoms with Crippen molar-refractivity contribution >= 4 is 29.2 Å². The number of hydrogen-bond donors (Lipinski definition) is 3. The number of carbonyl (C=O) groups is 2. The Morgan fingerprint density at radius 2 is 1.82 bits per heavy atom. The predicted octanol–water partition coefficient (Wildman–Crippen LogP) is 3.53. The van der Waals surface area contributed by atoms with Crippen LogP contribution in [0.3, 0.4) is 0 Å². The highest BCUT2D eigenvalue weighted by atomic mass is 35.5. The molecule has 0 atom stereocenters. The standard InChI is InChI=1S/C21H28ClN7O2.C3H8/c1-15(21(31)23-2)14-29(24-3)11-5-4-6-17-8-10-19(28-27-17)26-20(30)12-16-7-9-18(22)25-13-16;1-3-2/h7-10,13-14,24H,4-6,11-12H2,1-3H3,(H,23,31)(H,26,28,30);3H2,1-2H3/b15-14+;. The second kappa shape index (κ2) is 16.6. The van der Waals surface area contributed by atoms with Crippen molar-refractivity contribution in [2.45, 2.75) is 52.9 Å². The lowest BCUT2D eigenvalue weighted by molar-refractivity contribution is -0.117. The van der Waals surface area contributed by atoms with Gasteiger partial charge in [0.05, 0.1) is 12.1 Å². The molecule has 0 spiro atoms. The fraction of sp³-hybridized carbons (Fsp3) is 0.458. The summed E-state index contributed by atoms with van der Waals surface area (Å²) in [6.07, 6.45) is 7.39. The molecule has 0 saturated heterocycles. The van der Waals surface area contributed by atoms with E-state index in [0.29, 0.717) is 16.5 Å². The molecule has 0 aliphatic rings. The number of nitrogens with zero attached hydrogens (tertiary/aromatic N) is 4. The van der Waals surface area contributed by atoms with Gasteiger partial charge in [-0.1, -0.05) is 37.9 Å². The van der Waals surface area contributed by atoms with Crippen LogP contribution in [0.2, 0.25) is 5.15 Å². The minimum absolute atomic E-state index is 0.104. The molecule has 0 saturated carbocycles. The van der Waals surface area contributed by atoms with E-state index in [2.05, 4.69) is 45.1 Å². The number of carbonyl (C=O) groups excluding carboxylic acids is 2. The van der Waals surface area contributed by atoms with Gasteiger partial charge in [0.1, 0.15) is 5.15 Å². The highest BCUT2D eigenvalue weighted by Gasteiger charge is 2.07. The summed E-state index contributed by atoms with van der Waals surface area (Å²) < 4.78 is 0. The van der Waals surface area contributed by atoms with Gasteiger partial charge in [-0.25, -0.2) is 10.4 Å². The quantitative estimate of drug-likeness (QED) is 0.191. The van der Waals surface area contributed by atoms with Crippen molar-refractivity contribution in [2.24, 2.45) is 0 Å². The molecule has 2 aromatic heterocycles. The Labute approximate surface area is 207 Å². The van der Waals surface area contributed by atoms with E-state index in [4.69, 9.17) is 11.6 Å². The highest BCUT2D eigenvalue weighted by molar-refractivity contribution is 6.29. The van der Waals surface area contributed by atoms with E-state index >= 15 is 0 Å². The largest absolute Gasteiger partial charge is 0.355 e. The normalized spacial score (nSPS) is 10.7. The van der Waals surface area contributed by atoms with Crippen molar-refractivity contribution in [3.8, 4) is 0 Å². The lowest BCUT2D eigenvalue weighted by Crippen LogP contribution is -2.32. The molecule has 0 aromatic carbocycles. The molecule has 2 amide bonds. The Hall–Kier alpha value is -3.04. The van der Waals surface area contributed by atoms with Crippen LogP contribution in [0, 0.1) is 0 Å². The summed E-state index contributed by atoms with van der Waals surface area (Å²) in [6, 6.07) is 7.01. The van der Waals surface area contributed by atoms with Gasteiger partial charge in [0.25, 0.3) is 0 Å². The molecule has 0 aliphatic carbocycles. The number of anilines is 1. The summed E-state index contributed by atoms with van der Waals surface area (Å²) in [5.41, 5.74) is 5.31. The van der Waals surface area contributed by atoms with E-state index in [1.165, 1.54) is 6.42 Å². The van der Waals surface area contributed by atoms with Crippen molar-refractivity contribution < 1.29 is 9.59 Å². The van der Waals surface area contributed by atoms with E-state index in [1.54, 1.807) is 44.6 Å². The third-order valence-electron chi connectivity index (χ3n) is 4.44. The molecule has 3 N–H and O–H groups in total. The first-order valence-electron chi connectivity index (χ1n) is 11.4. The van der Waals surface area contributed by atoms with Crippen LogP contribution in [-0.2, 0) is 22.4 Å². The Kier molecular flexibility index (Phi) is 14.1. The molecule has 34 heavy (non-hydrogen) atoms. The first-order valence-corrected chi connectivity index (χ1v) is 11.8. The first-order chi connectivity index (χ1) is 16.3. The fourth-order valence-corrected chi connectivity index (χ4v) is 2.87. The van der Waals surface area contributed by atoms with Gasteiger partial charge in [-0.3, -0.25) is 9.59 Å². The monoisotopic (exact) mass is 489 g/mol. The minimum atomic E-state index is -0.196. The number of rotatable bonds is 11. The van der Waals surface area contributed by atoms with Gasteiger partial charge in [0, 0.05) is 38.6 Å². The van der Waals surface area contributed by atoms with Gasteiger partial charge in [-0.15, -0.1) is 5.10 Å². The molecule has 0 unspecified atom stereocenters. The van der Waals surface area contributed by atoms with E-state index in [1.807, 2.05) is 18.1 Å². The third-order valence-corrected chi connectivity index (χ3v) is 4.67. The Morgan fingerprint density at radius 3 is 2.38 bits per heavy atom. The zero-order valence-electron chi connectivity index (χ0n) is 20.7. The molecule has 2 rings (SSSR count). The lowest BCUT2D eigenvalue weighted by atomic mass is 10.2. The number of aryl methyl sites for hydroxylation is 1. The molecule has 2 aromatic rings. The first kappa shape index (κ1) is 29.0. The maximum Gasteiger partial charge on any atom is 0.248 e. The van der Waals surface area contributed by atoms with Gasteiger partial charge in [-0.2, -0.15) is 5.10 Å². The number of nitrogens with one attached hydrogen (secondary N) is 3. The van der Waals surface area contributed by atoms with Crippen molar-refractivity contribution in [3.05, 3.63) is 58.6 Å². The van der Waals surface area contributed by atoms with Crippen LogP contribution in [0.15, 0.2) is 42.2 Å². The second-order valence-electron chi connectivity index (χ2n) is 7.60. The van der Waals surface area contributed by atoms with Crippen LogP contribution in [0.1, 0.15) is 51.3 Å². The molecule has 10 heteroatoms. The molecule has 0 radical (unpaired) electrons. The van der Waals surface area contributed by atoms with Crippen molar-refractivity contribution in [2.75, 3.05) is 26.0 Å². The predicted molar refractivity (Wildman–Crippen MR) is 136 cm³/mol. The second-order valence-corrected chi connectivity index (χ2v) is 7.98. The van der Waals surface area contributed by atoms with Crippen molar-refractivity contribution in [1.29, 1.82) is 0 Å². The van der Waals surface area contributed by atoms with Crippen LogP contribution in [0.5, 0.6) is 0 Å². The molecular formula is C24H36ClN7O2. The summed E-state index contributed by atoms with van der Waals surface area (Å²) in [5, 5.41) is 15.9. The van der Waals surface area contributed by atoms with Gasteiger partial charge in [0.15, 0.2) is 5.82 Å². The maximum absolute atomic E-state index is 12.1. The fourth-order valence-electron chi connectivity index (χ4n) is 2.76. The Bertz CT molecular complexity index is 903. The van der Waals surface area contributed by atoms with Crippen LogP contribution >= 0.6 is 11.6 Å². The average molecular weight is 490 g/mol. The molecule has 0 aliphatic heterocycles. The van der Waals surface area contributed by atoms with E-state index in [0.717, 1.165) is 37.1 Å². The number of amides is 2. The van der Waals surface area contributed by atoms with Gasteiger partial charge in [0.2, 0.25) is 11.8 Å². The van der Waals surface area contributed by atoms with Crippen molar-refractivity contribution in [1.82, 2.24) is 30.9 Å². The lowest BCUT2D eigenvalue weighted by Gasteiger charge is -2.19. The van der Waals surface area contributed by atoms with Gasteiger partial charge in [-0.05, 0) is 49.9 Å². The number of halogens is 1. The average Bonchev–Trinajstić information content (AvgIpc) is 2.83. The number of pyridine rings is 1. The van der Waals surface area contributed by atoms with E-state index in [-0.39, 0.29) is 18.2 Å². The Balaban J connectivity index is 0.00000182. The summed E-state index contributed by atoms with van der Waals surface area (Å²) in [7, 11) is 3.42. The van der Waals surface area contributed by atoms with Crippen LogP contribution in [0.4, 0.5) is 5.82 Å². The number of unbranched alkanes of at least 4 members (excludes halogenated alkanes) is 1. The molecular weight excluding hydrogens is 454 g/mol. The zero-order valence-corrected chi connectivity index (χ0v) is 21.4. The van der Waals surface area contributed by atoms with Crippen LogP contribution in [-0.4, -0.2) is 52.6 Å². The summed E-state index contributed by atoms with van der Waals surface area (Å²) in [4.78, 5) is 27.7. The number of hydrazine groups is 1. The molecule has 9 nitrogen and oxygen atoms in total. The Morgan fingerprint density at radius 1 is 1.09 bits per heavy atom.